The predicted molar refractivity (Wildman–Crippen MR) is 100 cm³/mol. The highest BCUT2D eigenvalue weighted by molar-refractivity contribution is 7.98. The topological polar surface area (TPSA) is 60.5 Å². The Morgan fingerprint density at radius 2 is 2.12 bits per heavy atom. The average Bonchev–Trinajstić information content (AvgIpc) is 3.11. The van der Waals surface area contributed by atoms with Crippen molar-refractivity contribution in [2.24, 2.45) is 0 Å². The van der Waals surface area contributed by atoms with Crippen LogP contribution in [-0.2, 0) is 4.74 Å². The summed E-state index contributed by atoms with van der Waals surface area (Å²) in [5.41, 5.74) is 0.791. The van der Waals surface area contributed by atoms with Crippen molar-refractivity contribution in [3.05, 3.63) is 46.2 Å². The number of hydrogen-bond donors (Lipinski definition) is 1. The minimum absolute atomic E-state index is 0.00768. The molecule has 1 saturated heterocycles. The van der Waals surface area contributed by atoms with Gasteiger partial charge in [0.2, 0.25) is 0 Å². The van der Waals surface area contributed by atoms with Gasteiger partial charge in [0.1, 0.15) is 11.9 Å². The summed E-state index contributed by atoms with van der Waals surface area (Å²) in [7, 11) is 0. The molecule has 3 rings (SSSR count). The molecule has 1 atom stereocenters. The molecule has 1 aliphatic heterocycles. The van der Waals surface area contributed by atoms with Crippen LogP contribution in [0.3, 0.4) is 0 Å². The van der Waals surface area contributed by atoms with Crippen molar-refractivity contribution in [3.63, 3.8) is 0 Å². The highest BCUT2D eigenvalue weighted by Gasteiger charge is 2.20. The number of halogens is 2. The van der Waals surface area contributed by atoms with Gasteiger partial charge in [0.05, 0.1) is 28.9 Å². The van der Waals surface area contributed by atoms with Crippen LogP contribution in [0.1, 0.15) is 16.8 Å². The molecule has 1 unspecified atom stereocenters. The summed E-state index contributed by atoms with van der Waals surface area (Å²) in [5.74, 6) is 0.345. The van der Waals surface area contributed by atoms with Gasteiger partial charge in [0.25, 0.3) is 5.91 Å². The molecule has 1 fully saturated rings. The van der Waals surface area contributed by atoms with Gasteiger partial charge in [0.15, 0.2) is 0 Å². The molecule has 5 nitrogen and oxygen atoms in total. The van der Waals surface area contributed by atoms with Crippen LogP contribution in [0, 0.1) is 0 Å². The minimum atomic E-state index is -0.324. The van der Waals surface area contributed by atoms with Crippen LogP contribution in [-0.4, -0.2) is 36.5 Å². The van der Waals surface area contributed by atoms with Gasteiger partial charge >= 0.3 is 0 Å². The maximum absolute atomic E-state index is 12.6. The van der Waals surface area contributed by atoms with E-state index in [1.54, 1.807) is 23.9 Å². The van der Waals surface area contributed by atoms with E-state index in [0.717, 1.165) is 11.3 Å². The van der Waals surface area contributed by atoms with E-state index in [2.05, 4.69) is 10.3 Å². The fourth-order valence-electron chi connectivity index (χ4n) is 2.41. The first-order chi connectivity index (χ1) is 12.1. The lowest BCUT2D eigenvalue weighted by molar-refractivity contribution is 0.102. The number of aromatic nitrogens is 1. The molecule has 2 aromatic rings. The van der Waals surface area contributed by atoms with Crippen molar-refractivity contribution in [1.82, 2.24) is 4.98 Å². The molecule has 1 aromatic carbocycles. The fourth-order valence-corrected chi connectivity index (χ4v) is 3.38. The molecule has 1 aromatic heterocycles. The van der Waals surface area contributed by atoms with Crippen LogP contribution in [0.15, 0.2) is 35.5 Å². The Morgan fingerprint density at radius 3 is 2.76 bits per heavy atom. The van der Waals surface area contributed by atoms with E-state index in [4.69, 9.17) is 32.7 Å². The molecule has 0 bridgehead atoms. The van der Waals surface area contributed by atoms with E-state index in [0.29, 0.717) is 30.2 Å². The van der Waals surface area contributed by atoms with Gasteiger partial charge in [-0.3, -0.25) is 9.78 Å². The van der Waals surface area contributed by atoms with Crippen molar-refractivity contribution in [3.8, 4) is 5.75 Å². The zero-order valence-corrected chi connectivity index (χ0v) is 15.7. The van der Waals surface area contributed by atoms with Crippen LogP contribution in [0.2, 0.25) is 10.0 Å². The van der Waals surface area contributed by atoms with Crippen LogP contribution in [0.5, 0.6) is 5.75 Å². The van der Waals surface area contributed by atoms with Gasteiger partial charge in [0, 0.05) is 29.3 Å². The summed E-state index contributed by atoms with van der Waals surface area (Å²) in [6.45, 7) is 1.25. The number of rotatable bonds is 5. The highest BCUT2D eigenvalue weighted by atomic mass is 35.5. The lowest BCUT2D eigenvalue weighted by Gasteiger charge is -2.16. The summed E-state index contributed by atoms with van der Waals surface area (Å²) < 4.78 is 11.3. The Kier molecular flexibility index (Phi) is 6.06. The van der Waals surface area contributed by atoms with Crippen LogP contribution in [0.25, 0.3) is 0 Å². The van der Waals surface area contributed by atoms with Gasteiger partial charge in [-0.1, -0.05) is 23.2 Å². The van der Waals surface area contributed by atoms with Gasteiger partial charge < -0.3 is 14.8 Å². The largest absolute Gasteiger partial charge is 0.487 e. The molecular formula is C17H16Cl2N2O3S. The molecule has 25 heavy (non-hydrogen) atoms. The van der Waals surface area contributed by atoms with Gasteiger partial charge in [-0.25, -0.2) is 0 Å². The quantitative estimate of drug-likeness (QED) is 0.749. The van der Waals surface area contributed by atoms with E-state index in [9.17, 15) is 4.79 Å². The van der Waals surface area contributed by atoms with Gasteiger partial charge in [-0.05, 0) is 24.5 Å². The number of ether oxygens (including phenoxy) is 2. The van der Waals surface area contributed by atoms with Crippen molar-refractivity contribution < 1.29 is 14.3 Å². The minimum Gasteiger partial charge on any atom is -0.487 e. The molecule has 1 amide bonds. The SMILES string of the molecule is CSc1ccc(C(=O)Nc2c(Cl)cncc2Cl)cc1OC1CCOC1. The van der Waals surface area contributed by atoms with Crippen LogP contribution >= 0.6 is 35.0 Å². The molecule has 2 heterocycles. The Labute approximate surface area is 160 Å². The highest BCUT2D eigenvalue weighted by Crippen LogP contribution is 2.32. The predicted octanol–water partition coefficient (Wildman–Crippen LogP) is 4.53. The standard InChI is InChI=1S/C17H16Cl2N2O3S/c1-25-15-3-2-10(6-14(15)24-11-4-5-23-9-11)17(22)21-16-12(18)7-20-8-13(16)19/h2-3,6-8,11H,4-5,9H2,1H3,(H,20,21,22). The smallest absolute Gasteiger partial charge is 0.255 e. The number of amides is 1. The first kappa shape index (κ1) is 18.3. The van der Waals surface area contributed by atoms with Crippen molar-refractivity contribution >= 4 is 46.6 Å². The van der Waals surface area contributed by atoms with Crippen molar-refractivity contribution in [2.75, 3.05) is 24.8 Å². The number of carbonyl (C=O) groups excluding carboxylic acids is 1. The van der Waals surface area contributed by atoms with E-state index in [1.807, 2.05) is 12.3 Å². The Morgan fingerprint density at radius 1 is 1.36 bits per heavy atom. The molecule has 8 heteroatoms. The zero-order valence-electron chi connectivity index (χ0n) is 13.4. The first-order valence-electron chi connectivity index (χ1n) is 7.61. The number of hydrogen-bond acceptors (Lipinski definition) is 5. The van der Waals surface area contributed by atoms with Crippen LogP contribution in [0.4, 0.5) is 5.69 Å². The fraction of sp³-hybridized carbons (Fsp3) is 0.294. The summed E-state index contributed by atoms with van der Waals surface area (Å²) in [6.07, 6.45) is 5.66. The third kappa shape index (κ3) is 4.39. The van der Waals surface area contributed by atoms with E-state index < -0.39 is 0 Å². The molecule has 132 valence electrons. The Balaban J connectivity index is 1.82. The maximum atomic E-state index is 12.6. The van der Waals surface area contributed by atoms with Gasteiger partial charge in [-0.2, -0.15) is 0 Å². The summed E-state index contributed by atoms with van der Waals surface area (Å²) >= 11 is 13.7. The third-order valence-corrected chi connectivity index (χ3v) is 5.05. The lowest BCUT2D eigenvalue weighted by Crippen LogP contribution is -2.17. The zero-order chi connectivity index (χ0) is 17.8. The number of anilines is 1. The number of nitrogens with zero attached hydrogens (tertiary/aromatic N) is 1. The second-order valence-corrected chi connectivity index (χ2v) is 7.06. The van der Waals surface area contributed by atoms with Crippen molar-refractivity contribution in [1.29, 1.82) is 0 Å². The Bertz CT molecular complexity index is 762. The first-order valence-corrected chi connectivity index (χ1v) is 9.59. The van der Waals surface area contributed by atoms with Gasteiger partial charge in [-0.15, -0.1) is 11.8 Å². The Hall–Kier alpha value is -1.47. The monoisotopic (exact) mass is 398 g/mol. The summed E-state index contributed by atoms with van der Waals surface area (Å²) in [5, 5.41) is 3.28. The third-order valence-electron chi connectivity index (χ3n) is 3.70. The van der Waals surface area contributed by atoms with Crippen LogP contribution < -0.4 is 10.1 Å². The summed E-state index contributed by atoms with van der Waals surface area (Å²) in [4.78, 5) is 17.4. The molecule has 0 spiro atoms. The second kappa shape index (κ2) is 8.27. The normalized spacial score (nSPS) is 16.7. The van der Waals surface area contributed by atoms with E-state index in [1.165, 1.54) is 12.4 Å². The average molecular weight is 399 g/mol. The molecule has 0 aliphatic carbocycles. The number of benzene rings is 1. The molecule has 0 saturated carbocycles. The molecule has 1 N–H and O–H groups in total. The number of thioether (sulfide) groups is 1. The molecule has 1 aliphatic rings. The maximum Gasteiger partial charge on any atom is 0.255 e. The second-order valence-electron chi connectivity index (χ2n) is 5.40. The summed E-state index contributed by atoms with van der Waals surface area (Å²) in [6, 6.07) is 5.32. The lowest BCUT2D eigenvalue weighted by atomic mass is 10.2. The molecular weight excluding hydrogens is 383 g/mol. The van der Waals surface area contributed by atoms with E-state index >= 15 is 0 Å². The van der Waals surface area contributed by atoms with E-state index in [-0.39, 0.29) is 22.1 Å². The number of carbonyl (C=O) groups is 1. The number of pyridine rings is 1. The number of nitrogens with one attached hydrogen (secondary N) is 1. The van der Waals surface area contributed by atoms with Crippen molar-refractivity contribution in [2.45, 2.75) is 17.4 Å². The molecule has 0 radical (unpaired) electrons.